The van der Waals surface area contributed by atoms with Gasteiger partial charge in [0.15, 0.2) is 11.5 Å². The van der Waals surface area contributed by atoms with Crippen LogP contribution < -0.4 is 19.5 Å². The van der Waals surface area contributed by atoms with Crippen molar-refractivity contribution in [1.29, 1.82) is 0 Å². The molecule has 152 valence electrons. The number of pyridine rings is 1. The highest BCUT2D eigenvalue weighted by molar-refractivity contribution is 5.99. The van der Waals surface area contributed by atoms with E-state index in [4.69, 9.17) is 4.74 Å². The maximum Gasteiger partial charge on any atom is 0.586 e. The van der Waals surface area contributed by atoms with Gasteiger partial charge in [0.2, 0.25) is 5.91 Å². The van der Waals surface area contributed by atoms with Crippen LogP contribution in [0.5, 0.6) is 17.2 Å². The standard InChI is InChI=1S/C22H16F2N2O4/c1-21(12-28-16-11-18-17(10-14(16)21)29-22(23,24)30-18)20(27)26-19-9-5-8-15(25-19)13-6-3-2-4-7-13/h2-11H,12H2,1H3,(H,25,26,27). The topological polar surface area (TPSA) is 69.7 Å². The zero-order valence-electron chi connectivity index (χ0n) is 15.8. The molecule has 1 amide bonds. The van der Waals surface area contributed by atoms with Gasteiger partial charge in [-0.1, -0.05) is 36.4 Å². The molecular formula is C22H16F2N2O4. The summed E-state index contributed by atoms with van der Waals surface area (Å²) < 4.78 is 41.3. The molecule has 5 rings (SSSR count). The monoisotopic (exact) mass is 410 g/mol. The van der Waals surface area contributed by atoms with Crippen molar-refractivity contribution in [3.8, 4) is 28.5 Å². The van der Waals surface area contributed by atoms with Gasteiger partial charge in [-0.05, 0) is 25.1 Å². The average Bonchev–Trinajstić information content (AvgIpc) is 3.22. The first-order valence-corrected chi connectivity index (χ1v) is 9.25. The van der Waals surface area contributed by atoms with E-state index < -0.39 is 11.7 Å². The second-order valence-corrected chi connectivity index (χ2v) is 7.31. The van der Waals surface area contributed by atoms with Crippen molar-refractivity contribution in [2.75, 3.05) is 11.9 Å². The predicted molar refractivity (Wildman–Crippen MR) is 104 cm³/mol. The number of nitrogens with zero attached hydrogens (tertiary/aromatic N) is 1. The Kier molecular flexibility index (Phi) is 3.92. The van der Waals surface area contributed by atoms with Crippen molar-refractivity contribution in [3.05, 3.63) is 66.2 Å². The molecule has 3 heterocycles. The van der Waals surface area contributed by atoms with Crippen LogP contribution in [0.1, 0.15) is 12.5 Å². The number of amides is 1. The second kappa shape index (κ2) is 6.41. The van der Waals surface area contributed by atoms with Gasteiger partial charge in [0, 0.05) is 17.2 Å². The maximum atomic E-state index is 13.4. The molecule has 0 aliphatic carbocycles. The molecule has 0 bridgehead atoms. The smallest absolute Gasteiger partial charge is 0.492 e. The van der Waals surface area contributed by atoms with Crippen LogP contribution in [0.4, 0.5) is 14.6 Å². The minimum absolute atomic E-state index is 0.0474. The van der Waals surface area contributed by atoms with Crippen LogP contribution in [0.3, 0.4) is 0 Å². The third kappa shape index (κ3) is 3.01. The van der Waals surface area contributed by atoms with E-state index in [0.717, 1.165) is 5.56 Å². The summed E-state index contributed by atoms with van der Waals surface area (Å²) >= 11 is 0. The van der Waals surface area contributed by atoms with E-state index in [1.165, 1.54) is 12.1 Å². The summed E-state index contributed by atoms with van der Waals surface area (Å²) in [5.41, 5.74) is 0.963. The molecule has 0 fully saturated rings. The number of carbonyl (C=O) groups is 1. The van der Waals surface area contributed by atoms with E-state index in [0.29, 0.717) is 22.8 Å². The fourth-order valence-electron chi connectivity index (χ4n) is 3.54. The summed E-state index contributed by atoms with van der Waals surface area (Å²) in [6, 6.07) is 17.6. The summed E-state index contributed by atoms with van der Waals surface area (Å²) in [6.45, 7) is 1.72. The maximum absolute atomic E-state index is 13.4. The molecule has 1 unspecified atom stereocenters. The first-order chi connectivity index (χ1) is 14.3. The van der Waals surface area contributed by atoms with Crippen LogP contribution in [0.15, 0.2) is 60.7 Å². The molecule has 2 aliphatic rings. The largest absolute Gasteiger partial charge is 0.586 e. The predicted octanol–water partition coefficient (Wildman–Crippen LogP) is 4.36. The van der Waals surface area contributed by atoms with Gasteiger partial charge in [0.1, 0.15) is 23.6 Å². The SMILES string of the molecule is CC1(C(=O)Nc2cccc(-c3ccccc3)n2)COc2cc3c(cc21)OC(F)(F)O3. The number of ether oxygens (including phenoxy) is 3. The van der Waals surface area contributed by atoms with E-state index in [9.17, 15) is 13.6 Å². The first-order valence-electron chi connectivity index (χ1n) is 9.25. The molecule has 6 nitrogen and oxygen atoms in total. The number of hydrogen-bond acceptors (Lipinski definition) is 5. The zero-order valence-corrected chi connectivity index (χ0v) is 15.8. The summed E-state index contributed by atoms with van der Waals surface area (Å²) in [7, 11) is 0. The molecule has 2 aromatic carbocycles. The number of benzene rings is 2. The Hall–Kier alpha value is -3.68. The normalized spacial score (nSPS) is 20.4. The number of alkyl halides is 2. The van der Waals surface area contributed by atoms with Crippen molar-refractivity contribution in [1.82, 2.24) is 4.98 Å². The van der Waals surface area contributed by atoms with E-state index in [1.54, 1.807) is 19.1 Å². The van der Waals surface area contributed by atoms with Gasteiger partial charge in [0.25, 0.3) is 0 Å². The van der Waals surface area contributed by atoms with E-state index in [1.807, 2.05) is 36.4 Å². The van der Waals surface area contributed by atoms with Crippen LogP contribution in [-0.2, 0) is 10.2 Å². The molecule has 8 heteroatoms. The number of anilines is 1. The number of hydrogen-bond donors (Lipinski definition) is 1. The minimum Gasteiger partial charge on any atom is -0.492 e. The molecule has 3 aromatic rings. The van der Waals surface area contributed by atoms with Crippen LogP contribution in [0, 0.1) is 0 Å². The fraction of sp³-hybridized carbons (Fsp3) is 0.182. The molecule has 1 aromatic heterocycles. The number of nitrogens with one attached hydrogen (secondary N) is 1. The lowest BCUT2D eigenvalue weighted by Crippen LogP contribution is -2.39. The fourth-order valence-corrected chi connectivity index (χ4v) is 3.54. The summed E-state index contributed by atoms with van der Waals surface area (Å²) in [5.74, 6) is 0.0553. The van der Waals surface area contributed by atoms with Gasteiger partial charge in [-0.3, -0.25) is 4.79 Å². The number of aromatic nitrogens is 1. The van der Waals surface area contributed by atoms with E-state index in [2.05, 4.69) is 19.8 Å². The Balaban J connectivity index is 1.42. The number of fused-ring (bicyclic) bond motifs is 2. The van der Waals surface area contributed by atoms with E-state index >= 15 is 0 Å². The van der Waals surface area contributed by atoms with Gasteiger partial charge >= 0.3 is 6.29 Å². The number of halogens is 2. The first kappa shape index (κ1) is 18.4. The van der Waals surface area contributed by atoms with Crippen molar-refractivity contribution in [2.45, 2.75) is 18.6 Å². The molecule has 30 heavy (non-hydrogen) atoms. The molecule has 1 atom stereocenters. The highest BCUT2D eigenvalue weighted by Crippen LogP contribution is 2.50. The lowest BCUT2D eigenvalue weighted by Gasteiger charge is -2.21. The molecule has 0 saturated heterocycles. The summed E-state index contributed by atoms with van der Waals surface area (Å²) in [4.78, 5) is 17.6. The lowest BCUT2D eigenvalue weighted by molar-refractivity contribution is -0.286. The van der Waals surface area contributed by atoms with Crippen molar-refractivity contribution in [2.24, 2.45) is 0 Å². The van der Waals surface area contributed by atoms with Crippen LogP contribution in [0.25, 0.3) is 11.3 Å². The minimum atomic E-state index is -3.74. The number of carbonyl (C=O) groups excluding carboxylic acids is 1. The molecular weight excluding hydrogens is 394 g/mol. The van der Waals surface area contributed by atoms with Crippen molar-refractivity contribution < 1.29 is 27.8 Å². The van der Waals surface area contributed by atoms with Crippen LogP contribution in [0.2, 0.25) is 0 Å². The second-order valence-electron chi connectivity index (χ2n) is 7.31. The van der Waals surface area contributed by atoms with Gasteiger partial charge in [-0.15, -0.1) is 8.78 Å². The molecule has 1 N–H and O–H groups in total. The Morgan fingerprint density at radius 2 is 1.73 bits per heavy atom. The Morgan fingerprint density at radius 1 is 1.00 bits per heavy atom. The van der Waals surface area contributed by atoms with Gasteiger partial charge in [0.05, 0.1) is 5.69 Å². The zero-order chi connectivity index (χ0) is 20.9. The molecule has 0 radical (unpaired) electrons. The molecule has 2 aliphatic heterocycles. The third-order valence-electron chi connectivity index (χ3n) is 5.18. The summed E-state index contributed by atoms with van der Waals surface area (Å²) in [5, 5.41) is 2.81. The summed E-state index contributed by atoms with van der Waals surface area (Å²) in [6.07, 6.45) is -3.74. The molecule has 0 spiro atoms. The number of rotatable bonds is 3. The van der Waals surface area contributed by atoms with Crippen molar-refractivity contribution >= 4 is 11.7 Å². The Bertz CT molecular complexity index is 1150. The highest BCUT2D eigenvalue weighted by Gasteiger charge is 2.48. The van der Waals surface area contributed by atoms with Gasteiger partial charge in [-0.25, -0.2) is 4.98 Å². The van der Waals surface area contributed by atoms with Crippen LogP contribution >= 0.6 is 0 Å². The van der Waals surface area contributed by atoms with Gasteiger partial charge < -0.3 is 19.5 Å². The third-order valence-corrected chi connectivity index (χ3v) is 5.18. The quantitative estimate of drug-likeness (QED) is 0.695. The van der Waals surface area contributed by atoms with Crippen LogP contribution in [-0.4, -0.2) is 23.8 Å². The Labute approximate surface area is 170 Å². The molecule has 0 saturated carbocycles. The van der Waals surface area contributed by atoms with E-state index in [-0.39, 0.29) is 24.0 Å². The highest BCUT2D eigenvalue weighted by atomic mass is 19.3. The average molecular weight is 410 g/mol. The van der Waals surface area contributed by atoms with Crippen molar-refractivity contribution in [3.63, 3.8) is 0 Å². The van der Waals surface area contributed by atoms with Gasteiger partial charge in [-0.2, -0.15) is 0 Å². The Morgan fingerprint density at radius 3 is 2.50 bits per heavy atom. The lowest BCUT2D eigenvalue weighted by atomic mass is 9.83.